The fraction of sp³-hybridized carbons (Fsp3) is 0.750. The van der Waals surface area contributed by atoms with E-state index in [0.717, 1.165) is 19.3 Å². The van der Waals surface area contributed by atoms with E-state index >= 15 is 0 Å². The fourth-order valence-corrected chi connectivity index (χ4v) is 3.44. The Labute approximate surface area is 155 Å². The Bertz CT molecular complexity index is 448. The second kappa shape index (κ2) is 13.0. The van der Waals surface area contributed by atoms with Crippen molar-refractivity contribution >= 4 is 5.97 Å². The molecule has 1 aliphatic rings. The number of allylic oxidation sites excluding steroid dienone is 2. The zero-order valence-corrected chi connectivity index (χ0v) is 15.4. The summed E-state index contributed by atoms with van der Waals surface area (Å²) in [5, 5.41) is 47.7. The minimum Gasteiger partial charge on any atom is -0.481 e. The Hall–Kier alpha value is -1.21. The van der Waals surface area contributed by atoms with Gasteiger partial charge in [0.1, 0.15) is 0 Å². The molecule has 0 aromatic heterocycles. The number of carboxylic acids is 1. The normalized spacial score (nSPS) is 27.5. The molecule has 1 saturated carbocycles. The predicted octanol–water partition coefficient (Wildman–Crippen LogP) is 2.02. The number of aliphatic carboxylic acids is 1. The second-order valence-corrected chi connectivity index (χ2v) is 7.13. The van der Waals surface area contributed by atoms with Crippen molar-refractivity contribution in [2.75, 3.05) is 6.61 Å². The Morgan fingerprint density at radius 2 is 1.85 bits per heavy atom. The largest absolute Gasteiger partial charge is 0.481 e. The molecule has 6 heteroatoms. The Morgan fingerprint density at radius 1 is 1.08 bits per heavy atom. The number of unbranched alkanes of at least 4 members (excludes halogenated alkanes) is 3. The van der Waals surface area contributed by atoms with Crippen LogP contribution in [-0.2, 0) is 4.79 Å². The Balaban J connectivity index is 2.44. The lowest BCUT2D eigenvalue weighted by Crippen LogP contribution is -2.20. The SMILES string of the molecule is O=C(O)CCC/C=C\C[C@@H]1[C@@H](/C=C/[C@@H](O)CCCCCO)[C@H](O)C[C@@H]1O. The van der Waals surface area contributed by atoms with E-state index in [1.807, 2.05) is 18.2 Å². The van der Waals surface area contributed by atoms with Crippen molar-refractivity contribution in [3.05, 3.63) is 24.3 Å². The van der Waals surface area contributed by atoms with Gasteiger partial charge >= 0.3 is 5.97 Å². The molecule has 5 atom stereocenters. The predicted molar refractivity (Wildman–Crippen MR) is 99.6 cm³/mol. The summed E-state index contributed by atoms with van der Waals surface area (Å²) in [6.45, 7) is 0.170. The van der Waals surface area contributed by atoms with Crippen LogP contribution in [0.25, 0.3) is 0 Å². The zero-order valence-electron chi connectivity index (χ0n) is 15.4. The highest BCUT2D eigenvalue weighted by atomic mass is 16.4. The van der Waals surface area contributed by atoms with Crippen LogP contribution in [-0.4, -0.2) is 56.4 Å². The van der Waals surface area contributed by atoms with Crippen LogP contribution < -0.4 is 0 Å². The van der Waals surface area contributed by atoms with E-state index < -0.39 is 24.3 Å². The van der Waals surface area contributed by atoms with Gasteiger partial charge in [-0.1, -0.05) is 37.1 Å². The maximum Gasteiger partial charge on any atom is 0.303 e. The lowest BCUT2D eigenvalue weighted by atomic mass is 9.89. The first-order chi connectivity index (χ1) is 12.5. The molecular weight excluding hydrogens is 336 g/mol. The highest BCUT2D eigenvalue weighted by Gasteiger charge is 2.39. The van der Waals surface area contributed by atoms with Crippen LogP contribution in [0.1, 0.15) is 57.8 Å². The fourth-order valence-electron chi connectivity index (χ4n) is 3.44. The molecule has 0 spiro atoms. The molecular formula is C20H34O6. The molecule has 0 saturated heterocycles. The van der Waals surface area contributed by atoms with E-state index in [9.17, 15) is 20.1 Å². The van der Waals surface area contributed by atoms with Gasteiger partial charge in [-0.3, -0.25) is 4.79 Å². The van der Waals surface area contributed by atoms with Gasteiger partial charge in [0.25, 0.3) is 0 Å². The van der Waals surface area contributed by atoms with Crippen LogP contribution in [0.2, 0.25) is 0 Å². The van der Waals surface area contributed by atoms with E-state index in [1.165, 1.54) is 0 Å². The van der Waals surface area contributed by atoms with Crippen molar-refractivity contribution in [1.82, 2.24) is 0 Å². The summed E-state index contributed by atoms with van der Waals surface area (Å²) in [6.07, 6.45) is 11.1. The Morgan fingerprint density at radius 3 is 2.54 bits per heavy atom. The summed E-state index contributed by atoms with van der Waals surface area (Å²) in [5.74, 6) is -1.09. The maximum atomic E-state index is 10.5. The Kier molecular flexibility index (Phi) is 11.4. The summed E-state index contributed by atoms with van der Waals surface area (Å²) in [5.41, 5.74) is 0. The van der Waals surface area contributed by atoms with Crippen molar-refractivity contribution in [2.24, 2.45) is 11.8 Å². The van der Waals surface area contributed by atoms with Crippen molar-refractivity contribution in [3.8, 4) is 0 Å². The monoisotopic (exact) mass is 370 g/mol. The first-order valence-corrected chi connectivity index (χ1v) is 9.65. The third-order valence-corrected chi connectivity index (χ3v) is 4.97. The first-order valence-electron chi connectivity index (χ1n) is 9.65. The molecule has 26 heavy (non-hydrogen) atoms. The second-order valence-electron chi connectivity index (χ2n) is 7.13. The smallest absolute Gasteiger partial charge is 0.303 e. The number of aliphatic hydroxyl groups excluding tert-OH is 4. The average molecular weight is 370 g/mol. The van der Waals surface area contributed by atoms with Crippen LogP contribution in [0, 0.1) is 11.8 Å². The van der Waals surface area contributed by atoms with E-state index in [0.29, 0.717) is 32.1 Å². The molecule has 0 heterocycles. The third-order valence-electron chi connectivity index (χ3n) is 4.97. The summed E-state index contributed by atoms with van der Waals surface area (Å²) in [6, 6.07) is 0. The molecule has 0 unspecified atom stereocenters. The van der Waals surface area contributed by atoms with Crippen LogP contribution in [0.5, 0.6) is 0 Å². The van der Waals surface area contributed by atoms with Gasteiger partial charge in [-0.2, -0.15) is 0 Å². The van der Waals surface area contributed by atoms with Crippen molar-refractivity contribution < 1.29 is 30.3 Å². The number of aliphatic hydroxyl groups is 4. The first kappa shape index (κ1) is 22.8. The standard InChI is InChI=1S/C20H34O6/c21-13-7-3-4-8-15(22)11-12-17-16(18(23)14-19(17)24)9-5-1-2-6-10-20(25)26/h1,5,11-12,15-19,21-24H,2-4,6-10,13-14H2,(H,25,26)/b5-1-,12-11+/t15-,16+,17+,18-,19+/m0/s1. The summed E-state index contributed by atoms with van der Waals surface area (Å²) in [7, 11) is 0. The lowest BCUT2D eigenvalue weighted by molar-refractivity contribution is -0.137. The van der Waals surface area contributed by atoms with Crippen LogP contribution in [0.4, 0.5) is 0 Å². The van der Waals surface area contributed by atoms with Gasteiger partial charge < -0.3 is 25.5 Å². The number of hydrogen-bond acceptors (Lipinski definition) is 5. The zero-order chi connectivity index (χ0) is 19.4. The molecule has 0 aromatic carbocycles. The molecule has 6 nitrogen and oxygen atoms in total. The minimum atomic E-state index is -0.798. The highest BCUT2D eigenvalue weighted by molar-refractivity contribution is 5.66. The molecule has 150 valence electrons. The summed E-state index contributed by atoms with van der Waals surface area (Å²) >= 11 is 0. The number of carbonyl (C=O) groups is 1. The molecule has 0 radical (unpaired) electrons. The lowest BCUT2D eigenvalue weighted by Gasteiger charge is -2.19. The van der Waals surface area contributed by atoms with E-state index in [-0.39, 0.29) is 24.9 Å². The summed E-state index contributed by atoms with van der Waals surface area (Å²) < 4.78 is 0. The molecule has 1 fully saturated rings. The average Bonchev–Trinajstić information content (AvgIpc) is 2.85. The van der Waals surface area contributed by atoms with Gasteiger partial charge in [-0.25, -0.2) is 0 Å². The van der Waals surface area contributed by atoms with Gasteiger partial charge in [-0.05, 0) is 38.0 Å². The number of carboxylic acid groups (broad SMARTS) is 1. The van der Waals surface area contributed by atoms with E-state index in [4.69, 9.17) is 10.2 Å². The quantitative estimate of drug-likeness (QED) is 0.250. The number of hydrogen-bond donors (Lipinski definition) is 5. The molecule has 5 N–H and O–H groups in total. The van der Waals surface area contributed by atoms with Gasteiger partial charge in [0, 0.05) is 25.4 Å². The van der Waals surface area contributed by atoms with Crippen LogP contribution in [0.15, 0.2) is 24.3 Å². The van der Waals surface area contributed by atoms with Gasteiger partial charge in [0.05, 0.1) is 18.3 Å². The van der Waals surface area contributed by atoms with E-state index in [2.05, 4.69) is 0 Å². The molecule has 0 bridgehead atoms. The van der Waals surface area contributed by atoms with E-state index in [1.54, 1.807) is 6.08 Å². The number of rotatable bonds is 13. The molecule has 1 rings (SSSR count). The molecule has 0 amide bonds. The van der Waals surface area contributed by atoms with Crippen LogP contribution in [0.3, 0.4) is 0 Å². The van der Waals surface area contributed by atoms with Crippen molar-refractivity contribution in [2.45, 2.75) is 76.1 Å². The molecule has 0 aliphatic heterocycles. The van der Waals surface area contributed by atoms with Crippen LogP contribution >= 0.6 is 0 Å². The maximum absolute atomic E-state index is 10.5. The van der Waals surface area contributed by atoms with Crippen molar-refractivity contribution in [3.63, 3.8) is 0 Å². The topological polar surface area (TPSA) is 118 Å². The summed E-state index contributed by atoms with van der Waals surface area (Å²) in [4.78, 5) is 10.5. The highest BCUT2D eigenvalue weighted by Crippen LogP contribution is 2.36. The molecule has 0 aromatic rings. The van der Waals surface area contributed by atoms with Crippen molar-refractivity contribution in [1.29, 1.82) is 0 Å². The van der Waals surface area contributed by atoms with Gasteiger partial charge in [0.15, 0.2) is 0 Å². The third kappa shape index (κ3) is 8.94. The molecule has 1 aliphatic carbocycles. The van der Waals surface area contributed by atoms with Gasteiger partial charge in [-0.15, -0.1) is 0 Å². The minimum absolute atomic E-state index is 0.0986. The van der Waals surface area contributed by atoms with Gasteiger partial charge in [0.2, 0.25) is 0 Å².